The Bertz CT molecular complexity index is 677. The molecular formula is C17H26N6O2. The molecule has 8 heteroatoms. The highest BCUT2D eigenvalue weighted by atomic mass is 16.2. The fourth-order valence-electron chi connectivity index (χ4n) is 3.75. The van der Waals surface area contributed by atoms with Gasteiger partial charge in [-0.15, -0.1) is 0 Å². The van der Waals surface area contributed by atoms with Crippen molar-refractivity contribution in [1.29, 1.82) is 0 Å². The van der Waals surface area contributed by atoms with Crippen molar-refractivity contribution in [2.75, 3.05) is 42.7 Å². The van der Waals surface area contributed by atoms with E-state index in [0.29, 0.717) is 24.5 Å². The van der Waals surface area contributed by atoms with Gasteiger partial charge < -0.3 is 26.2 Å². The highest BCUT2D eigenvalue weighted by molar-refractivity contribution is 5.87. The van der Waals surface area contributed by atoms with Crippen molar-refractivity contribution in [2.45, 2.75) is 37.8 Å². The first-order chi connectivity index (χ1) is 11.9. The van der Waals surface area contributed by atoms with Gasteiger partial charge in [-0.25, -0.2) is 4.98 Å². The van der Waals surface area contributed by atoms with Crippen molar-refractivity contribution in [3.63, 3.8) is 0 Å². The summed E-state index contributed by atoms with van der Waals surface area (Å²) in [5, 5.41) is 0. The van der Waals surface area contributed by atoms with Crippen LogP contribution in [-0.2, 0) is 9.59 Å². The third kappa shape index (κ3) is 3.20. The summed E-state index contributed by atoms with van der Waals surface area (Å²) >= 11 is 0. The van der Waals surface area contributed by atoms with Gasteiger partial charge in [-0.1, -0.05) is 0 Å². The summed E-state index contributed by atoms with van der Waals surface area (Å²) in [6.07, 6.45) is 3.35. The molecule has 2 atom stereocenters. The summed E-state index contributed by atoms with van der Waals surface area (Å²) in [6.45, 7) is 1.48. The van der Waals surface area contributed by atoms with Gasteiger partial charge in [0.15, 0.2) is 5.82 Å². The van der Waals surface area contributed by atoms with E-state index in [1.54, 1.807) is 25.1 Å². The Hall–Kier alpha value is -2.51. The Morgan fingerprint density at radius 2 is 1.76 bits per heavy atom. The largest absolute Gasteiger partial charge is 0.396 e. The molecule has 0 saturated carbocycles. The lowest BCUT2D eigenvalue weighted by atomic mass is 10.2. The van der Waals surface area contributed by atoms with E-state index in [2.05, 4.69) is 0 Å². The Kier molecular flexibility index (Phi) is 4.69. The summed E-state index contributed by atoms with van der Waals surface area (Å²) in [6, 6.07) is 3.06. The number of hydrogen-bond acceptors (Lipinski definition) is 6. The number of aromatic nitrogens is 1. The van der Waals surface area contributed by atoms with Crippen LogP contribution in [0.3, 0.4) is 0 Å². The van der Waals surface area contributed by atoms with Crippen LogP contribution in [0.1, 0.15) is 25.7 Å². The van der Waals surface area contributed by atoms with Gasteiger partial charge in [0.1, 0.15) is 17.9 Å². The average molecular weight is 346 g/mol. The van der Waals surface area contributed by atoms with Gasteiger partial charge in [-0.3, -0.25) is 9.59 Å². The van der Waals surface area contributed by atoms with E-state index in [1.807, 2.05) is 15.9 Å². The Balaban J connectivity index is 1.91. The number of nitrogens with zero attached hydrogens (tertiary/aromatic N) is 4. The number of pyridine rings is 1. The van der Waals surface area contributed by atoms with Gasteiger partial charge in [0, 0.05) is 27.2 Å². The Morgan fingerprint density at radius 3 is 2.40 bits per heavy atom. The molecule has 2 unspecified atom stereocenters. The molecule has 3 heterocycles. The maximum atomic E-state index is 12.4. The van der Waals surface area contributed by atoms with Crippen LogP contribution in [0.25, 0.3) is 0 Å². The number of carbonyl (C=O) groups excluding carboxylic acids is 2. The smallest absolute Gasteiger partial charge is 0.244 e. The van der Waals surface area contributed by atoms with Crippen LogP contribution >= 0.6 is 0 Å². The van der Waals surface area contributed by atoms with Crippen molar-refractivity contribution in [3.05, 3.63) is 12.1 Å². The highest BCUT2D eigenvalue weighted by Crippen LogP contribution is 2.33. The maximum absolute atomic E-state index is 12.4. The van der Waals surface area contributed by atoms with E-state index < -0.39 is 0 Å². The molecule has 1 aromatic heterocycles. The normalized spacial score (nSPS) is 23.1. The van der Waals surface area contributed by atoms with Gasteiger partial charge in [-0.2, -0.15) is 0 Å². The molecule has 2 fully saturated rings. The topological polar surface area (TPSA) is 109 Å². The fourth-order valence-corrected chi connectivity index (χ4v) is 3.75. The second-order valence-corrected chi connectivity index (χ2v) is 6.92. The zero-order valence-electron chi connectivity index (χ0n) is 14.8. The molecule has 0 aromatic carbocycles. The Labute approximate surface area is 147 Å². The van der Waals surface area contributed by atoms with Gasteiger partial charge in [-0.05, 0) is 37.8 Å². The van der Waals surface area contributed by atoms with Crippen LogP contribution in [0, 0.1) is 0 Å². The molecule has 2 amide bonds. The maximum Gasteiger partial charge on any atom is 0.244 e. The number of anilines is 3. The zero-order valence-corrected chi connectivity index (χ0v) is 14.8. The SMILES string of the molecule is CN(C)C(=O)C1CCCN1c1ccc(N)c(N2CCCC2C(N)=O)n1. The molecule has 2 saturated heterocycles. The van der Waals surface area contributed by atoms with Gasteiger partial charge in [0.25, 0.3) is 0 Å². The van der Waals surface area contributed by atoms with Crippen LogP contribution in [0.2, 0.25) is 0 Å². The lowest BCUT2D eigenvalue weighted by Crippen LogP contribution is -2.44. The fraction of sp³-hybridized carbons (Fsp3) is 0.588. The molecule has 2 aliphatic heterocycles. The molecule has 0 spiro atoms. The predicted molar refractivity (Wildman–Crippen MR) is 97.3 cm³/mol. The summed E-state index contributed by atoms with van der Waals surface area (Å²) < 4.78 is 0. The number of nitrogens with two attached hydrogens (primary N) is 2. The van der Waals surface area contributed by atoms with Gasteiger partial charge in [0.2, 0.25) is 11.8 Å². The first-order valence-corrected chi connectivity index (χ1v) is 8.70. The van der Waals surface area contributed by atoms with Gasteiger partial charge >= 0.3 is 0 Å². The molecule has 8 nitrogen and oxygen atoms in total. The molecule has 0 bridgehead atoms. The number of nitrogen functional groups attached to an aromatic ring is 1. The first kappa shape index (κ1) is 17.3. The average Bonchev–Trinajstić information content (AvgIpc) is 3.23. The lowest BCUT2D eigenvalue weighted by molar-refractivity contribution is -0.129. The molecule has 136 valence electrons. The number of amides is 2. The molecule has 25 heavy (non-hydrogen) atoms. The van der Waals surface area contributed by atoms with Crippen molar-refractivity contribution >= 4 is 29.1 Å². The van der Waals surface area contributed by atoms with E-state index in [0.717, 1.165) is 31.6 Å². The minimum atomic E-state index is -0.372. The van der Waals surface area contributed by atoms with Crippen molar-refractivity contribution in [2.24, 2.45) is 5.73 Å². The lowest BCUT2D eigenvalue weighted by Gasteiger charge is -2.29. The molecule has 2 aliphatic rings. The van der Waals surface area contributed by atoms with Crippen LogP contribution in [0.5, 0.6) is 0 Å². The third-order valence-electron chi connectivity index (χ3n) is 5.02. The zero-order chi connectivity index (χ0) is 18.1. The van der Waals surface area contributed by atoms with Crippen molar-refractivity contribution in [1.82, 2.24) is 9.88 Å². The second-order valence-electron chi connectivity index (χ2n) is 6.92. The summed E-state index contributed by atoms with van der Waals surface area (Å²) in [5.41, 5.74) is 12.2. The van der Waals surface area contributed by atoms with E-state index in [1.165, 1.54) is 0 Å². The quantitative estimate of drug-likeness (QED) is 0.805. The van der Waals surface area contributed by atoms with Crippen LogP contribution < -0.4 is 21.3 Å². The van der Waals surface area contributed by atoms with Crippen LogP contribution in [0.4, 0.5) is 17.3 Å². The summed E-state index contributed by atoms with van der Waals surface area (Å²) in [7, 11) is 3.53. The van der Waals surface area contributed by atoms with Crippen LogP contribution in [0.15, 0.2) is 12.1 Å². The summed E-state index contributed by atoms with van der Waals surface area (Å²) in [5.74, 6) is 1.03. The summed E-state index contributed by atoms with van der Waals surface area (Å²) in [4.78, 5) is 34.4. The van der Waals surface area contributed by atoms with E-state index >= 15 is 0 Å². The minimum absolute atomic E-state index is 0.0776. The number of likely N-dealkylation sites (N-methyl/N-ethyl adjacent to an activating group) is 1. The highest BCUT2D eigenvalue weighted by Gasteiger charge is 2.35. The van der Waals surface area contributed by atoms with Crippen LogP contribution in [-0.4, -0.2) is 61.0 Å². The number of carbonyl (C=O) groups is 2. The molecule has 3 rings (SSSR count). The molecular weight excluding hydrogens is 320 g/mol. The van der Waals surface area contributed by atoms with Crippen molar-refractivity contribution < 1.29 is 9.59 Å². The minimum Gasteiger partial charge on any atom is -0.396 e. The monoisotopic (exact) mass is 346 g/mol. The molecule has 1 aromatic rings. The number of rotatable bonds is 4. The Morgan fingerprint density at radius 1 is 1.12 bits per heavy atom. The number of hydrogen-bond donors (Lipinski definition) is 2. The van der Waals surface area contributed by atoms with E-state index in [-0.39, 0.29) is 23.9 Å². The third-order valence-corrected chi connectivity index (χ3v) is 5.02. The predicted octanol–water partition coefficient (Wildman–Crippen LogP) is 0.175. The van der Waals surface area contributed by atoms with E-state index in [4.69, 9.17) is 16.5 Å². The molecule has 4 N–H and O–H groups in total. The molecule has 0 aliphatic carbocycles. The molecule has 0 radical (unpaired) electrons. The van der Waals surface area contributed by atoms with Gasteiger partial charge in [0.05, 0.1) is 5.69 Å². The van der Waals surface area contributed by atoms with E-state index in [9.17, 15) is 9.59 Å². The second kappa shape index (κ2) is 6.78. The number of primary amides is 1. The first-order valence-electron chi connectivity index (χ1n) is 8.70. The standard InChI is InChI=1S/C17H26N6O2/c1-21(2)17(25)13-6-4-9-22(13)14-8-7-11(18)16(20-14)23-10-3-5-12(23)15(19)24/h7-8,12-13H,3-6,9-10,18H2,1-2H3,(H2,19,24). The van der Waals surface area contributed by atoms with Crippen molar-refractivity contribution in [3.8, 4) is 0 Å².